The van der Waals surface area contributed by atoms with Crippen molar-refractivity contribution in [3.63, 3.8) is 0 Å². The third kappa shape index (κ3) is 8.47. The average molecular weight is 728 g/mol. The molecule has 3 atom stereocenters. The standard InChI is InChI=1S/C46H53N3O3S/c1-6-7-30-45(48-43(51)52-44(3,4)5)41(49(32-31-47-45)42(50)40-29-19-21-35-20-17-18-28-39(35)40)33-34(2)53-46(36-22-11-8-12-23-36,37-24-13-9-14-25-37)38-26-15-10-16-27-38/h8-29,34,41,47H,6-7,30-33H2,1-5H3,(H,48,51)/t34-,41?,45?/m0/s1. The van der Waals surface area contributed by atoms with Crippen LogP contribution in [0, 0.1) is 0 Å². The largest absolute Gasteiger partial charge is 0.444 e. The summed E-state index contributed by atoms with van der Waals surface area (Å²) >= 11 is 1.90. The molecule has 0 radical (unpaired) electrons. The van der Waals surface area contributed by atoms with Crippen molar-refractivity contribution < 1.29 is 14.3 Å². The van der Waals surface area contributed by atoms with Crippen molar-refractivity contribution in [3.8, 4) is 0 Å². The second kappa shape index (κ2) is 16.6. The van der Waals surface area contributed by atoms with E-state index >= 15 is 0 Å². The minimum Gasteiger partial charge on any atom is -0.444 e. The number of hydrogen-bond acceptors (Lipinski definition) is 5. The molecule has 6 rings (SSSR count). The zero-order valence-electron chi connectivity index (χ0n) is 31.7. The van der Waals surface area contributed by atoms with Gasteiger partial charge in [0.05, 0.1) is 10.8 Å². The Morgan fingerprint density at radius 3 is 1.94 bits per heavy atom. The Morgan fingerprint density at radius 1 is 0.830 bits per heavy atom. The zero-order chi connectivity index (χ0) is 37.5. The second-order valence-corrected chi connectivity index (χ2v) is 16.8. The van der Waals surface area contributed by atoms with Crippen LogP contribution in [-0.2, 0) is 9.48 Å². The Bertz CT molecular complexity index is 1860. The summed E-state index contributed by atoms with van der Waals surface area (Å²) in [4.78, 5) is 30.8. The maximum absolute atomic E-state index is 15.0. The zero-order valence-corrected chi connectivity index (χ0v) is 32.5. The van der Waals surface area contributed by atoms with Crippen LogP contribution in [0.5, 0.6) is 0 Å². The van der Waals surface area contributed by atoms with Crippen LogP contribution in [0.2, 0.25) is 0 Å². The van der Waals surface area contributed by atoms with Gasteiger partial charge in [-0.25, -0.2) is 4.79 Å². The number of fused-ring (bicyclic) bond motifs is 1. The summed E-state index contributed by atoms with van der Waals surface area (Å²) in [6.45, 7) is 11.1. The van der Waals surface area contributed by atoms with Gasteiger partial charge in [0.2, 0.25) is 0 Å². The molecule has 6 nitrogen and oxygen atoms in total. The molecule has 0 spiro atoms. The number of ether oxygens (including phenoxy) is 1. The number of hydrogen-bond donors (Lipinski definition) is 2. The van der Waals surface area contributed by atoms with E-state index in [1.807, 2.05) is 79.9 Å². The monoisotopic (exact) mass is 727 g/mol. The van der Waals surface area contributed by atoms with Crippen LogP contribution >= 0.6 is 11.8 Å². The molecule has 1 saturated heterocycles. The first-order valence-corrected chi connectivity index (χ1v) is 19.8. The lowest BCUT2D eigenvalue weighted by atomic mass is 9.84. The first-order valence-electron chi connectivity index (χ1n) is 19.0. The van der Waals surface area contributed by atoms with Gasteiger partial charge >= 0.3 is 6.09 Å². The third-order valence-corrected chi connectivity index (χ3v) is 11.8. The Labute approximate surface area is 319 Å². The van der Waals surface area contributed by atoms with E-state index in [0.717, 1.165) is 23.6 Å². The quantitative estimate of drug-likeness (QED) is 0.125. The van der Waals surface area contributed by atoms with Crippen molar-refractivity contribution in [1.29, 1.82) is 0 Å². The molecule has 53 heavy (non-hydrogen) atoms. The normalized spacial score (nSPS) is 18.4. The van der Waals surface area contributed by atoms with Gasteiger partial charge in [-0.3, -0.25) is 10.1 Å². The van der Waals surface area contributed by atoms with E-state index < -0.39 is 22.1 Å². The Kier molecular flexibility index (Phi) is 12.0. The summed E-state index contributed by atoms with van der Waals surface area (Å²) in [7, 11) is 0. The number of carbonyl (C=O) groups is 2. The van der Waals surface area contributed by atoms with Gasteiger partial charge in [0.1, 0.15) is 11.3 Å². The van der Waals surface area contributed by atoms with Crippen LogP contribution in [0.25, 0.3) is 10.8 Å². The minimum atomic E-state index is -0.916. The van der Waals surface area contributed by atoms with Gasteiger partial charge in [-0.15, -0.1) is 11.8 Å². The number of nitrogens with one attached hydrogen (secondary N) is 2. The molecule has 5 aromatic carbocycles. The van der Waals surface area contributed by atoms with E-state index in [1.165, 1.54) is 16.7 Å². The topological polar surface area (TPSA) is 70.7 Å². The number of unbranched alkanes of at least 4 members (excludes halogenated alkanes) is 1. The van der Waals surface area contributed by atoms with Crippen LogP contribution in [0.1, 0.15) is 87.4 Å². The first-order chi connectivity index (χ1) is 25.6. The van der Waals surface area contributed by atoms with Crippen LogP contribution in [0.15, 0.2) is 133 Å². The Hall–Kier alpha value is -4.59. The van der Waals surface area contributed by atoms with Gasteiger partial charge in [-0.2, -0.15) is 0 Å². The van der Waals surface area contributed by atoms with Gasteiger partial charge < -0.3 is 15.0 Å². The maximum atomic E-state index is 15.0. The van der Waals surface area contributed by atoms with Crippen molar-refractivity contribution >= 4 is 34.5 Å². The fourth-order valence-corrected chi connectivity index (χ4v) is 9.55. The molecule has 0 aliphatic carbocycles. The number of nitrogens with zero attached hydrogens (tertiary/aromatic N) is 1. The fourth-order valence-electron chi connectivity index (χ4n) is 7.85. The molecule has 1 heterocycles. The van der Waals surface area contributed by atoms with Crippen LogP contribution in [0.4, 0.5) is 4.79 Å². The summed E-state index contributed by atoms with van der Waals surface area (Å²) in [5.41, 5.74) is 2.63. The summed E-state index contributed by atoms with van der Waals surface area (Å²) in [5, 5.41) is 9.06. The molecule has 1 aliphatic rings. The predicted molar refractivity (Wildman–Crippen MR) is 219 cm³/mol. The van der Waals surface area contributed by atoms with E-state index in [-0.39, 0.29) is 17.2 Å². The molecular formula is C46H53N3O3S. The highest BCUT2D eigenvalue weighted by Crippen LogP contribution is 2.51. The molecule has 0 saturated carbocycles. The van der Waals surface area contributed by atoms with Gasteiger partial charge in [-0.1, -0.05) is 148 Å². The van der Waals surface area contributed by atoms with E-state index in [0.29, 0.717) is 31.5 Å². The Morgan fingerprint density at radius 2 is 1.38 bits per heavy atom. The summed E-state index contributed by atoms with van der Waals surface area (Å²) in [6, 6.07) is 45.8. The fraction of sp³-hybridized carbons (Fsp3) is 0.348. The lowest BCUT2D eigenvalue weighted by molar-refractivity contribution is 0.00286. The van der Waals surface area contributed by atoms with Crippen molar-refractivity contribution in [3.05, 3.63) is 156 Å². The first kappa shape index (κ1) is 38.1. The van der Waals surface area contributed by atoms with Crippen LogP contribution in [0.3, 0.4) is 0 Å². The molecule has 7 heteroatoms. The van der Waals surface area contributed by atoms with Crippen LogP contribution in [-0.4, -0.2) is 52.5 Å². The number of amides is 2. The number of thioether (sulfide) groups is 1. The Balaban J connectivity index is 1.47. The lowest BCUT2D eigenvalue weighted by Gasteiger charge is -2.52. The van der Waals surface area contributed by atoms with E-state index in [1.54, 1.807) is 0 Å². The van der Waals surface area contributed by atoms with Gasteiger partial charge in [-0.05, 0) is 73.6 Å². The van der Waals surface area contributed by atoms with Gasteiger partial charge in [0.25, 0.3) is 5.91 Å². The van der Waals surface area contributed by atoms with Crippen molar-refractivity contribution in [2.75, 3.05) is 13.1 Å². The highest BCUT2D eigenvalue weighted by molar-refractivity contribution is 8.01. The number of benzene rings is 5. The highest BCUT2D eigenvalue weighted by atomic mass is 32.2. The smallest absolute Gasteiger partial charge is 0.409 e. The van der Waals surface area contributed by atoms with Crippen LogP contribution < -0.4 is 10.6 Å². The van der Waals surface area contributed by atoms with Crippen molar-refractivity contribution in [2.24, 2.45) is 0 Å². The number of rotatable bonds is 12. The molecule has 0 aromatic heterocycles. The molecule has 2 N–H and O–H groups in total. The van der Waals surface area contributed by atoms with E-state index in [4.69, 9.17) is 4.74 Å². The number of carbonyl (C=O) groups excluding carboxylic acids is 2. The lowest BCUT2D eigenvalue weighted by Crippen LogP contribution is -2.75. The van der Waals surface area contributed by atoms with Crippen molar-refractivity contribution in [2.45, 2.75) is 87.6 Å². The molecule has 1 aliphatic heterocycles. The van der Waals surface area contributed by atoms with Gasteiger partial charge in [0, 0.05) is 23.9 Å². The maximum Gasteiger partial charge on any atom is 0.409 e. The summed E-state index contributed by atoms with van der Waals surface area (Å²) in [6.07, 6.45) is 2.57. The SMILES string of the molecule is CCCCC1(NC(=O)OC(C)(C)C)NCCN(C(=O)c2cccc3ccccc23)C1C[C@H](C)SC(c1ccccc1)(c1ccccc1)c1ccccc1. The van der Waals surface area contributed by atoms with Crippen molar-refractivity contribution in [1.82, 2.24) is 15.5 Å². The second-order valence-electron chi connectivity index (χ2n) is 15.1. The van der Waals surface area contributed by atoms with E-state index in [2.05, 4.69) is 115 Å². The highest BCUT2D eigenvalue weighted by Gasteiger charge is 2.49. The van der Waals surface area contributed by atoms with Gasteiger partial charge in [0.15, 0.2) is 0 Å². The number of alkyl carbamates (subject to hydrolysis) is 1. The molecule has 5 aromatic rings. The minimum absolute atomic E-state index is 0.0183. The molecule has 2 amide bonds. The summed E-state index contributed by atoms with van der Waals surface area (Å²) in [5.74, 6) is -0.0298. The van der Waals surface area contributed by atoms with E-state index in [9.17, 15) is 9.59 Å². The summed E-state index contributed by atoms with van der Waals surface area (Å²) < 4.78 is 5.35. The molecule has 0 bridgehead atoms. The molecule has 1 fully saturated rings. The predicted octanol–water partition coefficient (Wildman–Crippen LogP) is 10.2. The molecular weight excluding hydrogens is 675 g/mol. The molecule has 2 unspecified atom stereocenters. The number of piperazine rings is 1. The average Bonchev–Trinajstić information content (AvgIpc) is 3.16. The molecule has 276 valence electrons. The third-order valence-electron chi connectivity index (χ3n) is 10.1.